The molecule has 0 fully saturated rings. The zero-order chi connectivity index (χ0) is 18.8. The second kappa shape index (κ2) is 7.64. The van der Waals surface area contributed by atoms with E-state index in [1.807, 2.05) is 19.9 Å². The van der Waals surface area contributed by atoms with Gasteiger partial charge in [-0.25, -0.2) is 0 Å². The lowest BCUT2D eigenvalue weighted by atomic mass is 10.0. The number of rotatable bonds is 5. The van der Waals surface area contributed by atoms with E-state index in [9.17, 15) is 0 Å². The van der Waals surface area contributed by atoms with Gasteiger partial charge in [0.05, 0.1) is 18.2 Å². The second-order valence-electron chi connectivity index (χ2n) is 6.94. The highest BCUT2D eigenvalue weighted by atomic mass is 32.2. The number of allylic oxidation sites excluding steroid dienone is 1. The Morgan fingerprint density at radius 2 is 2.00 bits per heavy atom. The Morgan fingerprint density at radius 1 is 1.23 bits per heavy atom. The molecule has 0 amide bonds. The predicted octanol–water partition coefficient (Wildman–Crippen LogP) is 3.84. The number of hydrogen-bond acceptors (Lipinski definition) is 5. The van der Waals surface area contributed by atoms with Gasteiger partial charge in [-0.15, -0.1) is 0 Å². The molecule has 0 spiro atoms. The lowest BCUT2D eigenvalue weighted by Crippen LogP contribution is -2.43. The van der Waals surface area contributed by atoms with Crippen molar-refractivity contribution in [3.8, 4) is 5.75 Å². The first kappa shape index (κ1) is 18.7. The third-order valence-corrected chi connectivity index (χ3v) is 6.28. The number of likely N-dealkylation sites (N-methyl/N-ethyl adjacent to an activating group) is 1. The van der Waals surface area contributed by atoms with Crippen LogP contribution in [-0.2, 0) is 6.42 Å². The first-order chi connectivity index (χ1) is 12.4. The Bertz CT molecular complexity index is 830. The van der Waals surface area contributed by atoms with E-state index in [4.69, 9.17) is 16.2 Å². The van der Waals surface area contributed by atoms with Crippen LogP contribution in [0.1, 0.15) is 25.0 Å². The van der Waals surface area contributed by atoms with Crippen molar-refractivity contribution in [2.24, 2.45) is 11.5 Å². The number of thioether (sulfide) groups is 1. The maximum atomic E-state index is 6.60. The molecule has 3 rings (SSSR count). The Labute approximate surface area is 160 Å². The summed E-state index contributed by atoms with van der Waals surface area (Å²) in [5.74, 6) is 0.878. The zero-order valence-electron chi connectivity index (χ0n) is 15.8. The van der Waals surface area contributed by atoms with E-state index in [0.29, 0.717) is 0 Å². The van der Waals surface area contributed by atoms with E-state index >= 15 is 0 Å². The SMILES string of the molecule is COc1ccc2c(c1)SC(C(N)Cc1cccc(C(N)=C(C)C)c1)N2C. The standard InChI is InChI=1S/C21H27N3OS/c1-13(2)20(23)15-7-5-6-14(10-15)11-17(22)21-24(3)18-9-8-16(25-4)12-19(18)26-21/h5-10,12,17,21H,11,22-23H2,1-4H3. The van der Waals surface area contributed by atoms with Crippen molar-refractivity contribution in [3.05, 3.63) is 59.2 Å². The van der Waals surface area contributed by atoms with Crippen molar-refractivity contribution >= 4 is 23.1 Å². The van der Waals surface area contributed by atoms with Gasteiger partial charge in [0.1, 0.15) is 5.75 Å². The molecule has 138 valence electrons. The highest BCUT2D eigenvalue weighted by Crippen LogP contribution is 2.45. The molecular formula is C21H27N3OS. The average Bonchev–Trinajstić information content (AvgIpc) is 2.97. The summed E-state index contributed by atoms with van der Waals surface area (Å²) in [7, 11) is 3.80. The highest BCUT2D eigenvalue weighted by Gasteiger charge is 2.32. The number of anilines is 1. The van der Waals surface area contributed by atoms with Gasteiger partial charge in [0.15, 0.2) is 0 Å². The molecule has 1 aliphatic rings. The molecule has 2 aromatic rings. The van der Waals surface area contributed by atoms with E-state index in [2.05, 4.69) is 48.3 Å². The number of fused-ring (bicyclic) bond motifs is 1. The van der Waals surface area contributed by atoms with Crippen molar-refractivity contribution in [3.63, 3.8) is 0 Å². The van der Waals surface area contributed by atoms with Gasteiger partial charge in [0.2, 0.25) is 0 Å². The van der Waals surface area contributed by atoms with Gasteiger partial charge >= 0.3 is 0 Å². The van der Waals surface area contributed by atoms with Crippen molar-refractivity contribution < 1.29 is 4.74 Å². The van der Waals surface area contributed by atoms with Crippen LogP contribution in [0, 0.1) is 0 Å². The van der Waals surface area contributed by atoms with Crippen molar-refractivity contribution in [2.75, 3.05) is 19.1 Å². The molecule has 2 unspecified atom stereocenters. The van der Waals surface area contributed by atoms with E-state index in [1.165, 1.54) is 16.1 Å². The minimum Gasteiger partial charge on any atom is -0.497 e. The molecule has 0 saturated heterocycles. The van der Waals surface area contributed by atoms with Gasteiger partial charge in [-0.05, 0) is 55.7 Å². The molecule has 2 atom stereocenters. The first-order valence-electron chi connectivity index (χ1n) is 8.76. The molecule has 1 heterocycles. The van der Waals surface area contributed by atoms with Crippen LogP contribution in [0.4, 0.5) is 5.69 Å². The Kier molecular flexibility index (Phi) is 5.49. The smallest absolute Gasteiger partial charge is 0.120 e. The van der Waals surface area contributed by atoms with Gasteiger partial charge < -0.3 is 21.1 Å². The van der Waals surface area contributed by atoms with Crippen LogP contribution in [0.5, 0.6) is 5.75 Å². The van der Waals surface area contributed by atoms with E-state index < -0.39 is 0 Å². The fourth-order valence-corrected chi connectivity index (χ4v) is 4.58. The summed E-state index contributed by atoms with van der Waals surface area (Å²) in [5, 5.41) is 0.196. The summed E-state index contributed by atoms with van der Waals surface area (Å²) in [6.45, 7) is 4.06. The molecule has 0 aromatic heterocycles. The monoisotopic (exact) mass is 369 g/mol. The maximum absolute atomic E-state index is 6.60. The van der Waals surface area contributed by atoms with Crippen LogP contribution in [0.3, 0.4) is 0 Å². The maximum Gasteiger partial charge on any atom is 0.120 e. The van der Waals surface area contributed by atoms with E-state index in [-0.39, 0.29) is 11.4 Å². The fourth-order valence-electron chi connectivity index (χ4n) is 3.26. The average molecular weight is 370 g/mol. The largest absolute Gasteiger partial charge is 0.497 e. The molecule has 4 nitrogen and oxygen atoms in total. The Hall–Kier alpha value is -2.11. The van der Waals surface area contributed by atoms with Crippen LogP contribution < -0.4 is 21.1 Å². The lowest BCUT2D eigenvalue weighted by molar-refractivity contribution is 0.414. The summed E-state index contributed by atoms with van der Waals surface area (Å²) in [6, 6.07) is 14.6. The molecule has 2 aromatic carbocycles. The number of methoxy groups -OCH3 is 1. The van der Waals surface area contributed by atoms with Gasteiger partial charge in [-0.1, -0.05) is 35.5 Å². The Balaban J connectivity index is 1.76. The summed E-state index contributed by atoms with van der Waals surface area (Å²) in [5.41, 5.74) is 18.2. The molecule has 4 N–H and O–H groups in total. The normalized spacial score (nSPS) is 17.0. The number of ether oxygens (including phenoxy) is 1. The Morgan fingerprint density at radius 3 is 2.69 bits per heavy atom. The first-order valence-corrected chi connectivity index (χ1v) is 9.64. The van der Waals surface area contributed by atoms with Crippen molar-refractivity contribution in [2.45, 2.75) is 36.6 Å². The molecule has 1 aliphatic heterocycles. The molecule has 0 bridgehead atoms. The van der Waals surface area contributed by atoms with Crippen molar-refractivity contribution in [1.29, 1.82) is 0 Å². The van der Waals surface area contributed by atoms with Crippen LogP contribution in [0.15, 0.2) is 52.9 Å². The van der Waals surface area contributed by atoms with Crippen LogP contribution in [0.2, 0.25) is 0 Å². The van der Waals surface area contributed by atoms with Gasteiger partial charge in [0.25, 0.3) is 0 Å². The zero-order valence-corrected chi connectivity index (χ0v) is 16.6. The summed E-state index contributed by atoms with van der Waals surface area (Å²) >= 11 is 1.80. The van der Waals surface area contributed by atoms with E-state index in [1.54, 1.807) is 18.9 Å². The fraction of sp³-hybridized carbons (Fsp3) is 0.333. The van der Waals surface area contributed by atoms with E-state index in [0.717, 1.165) is 29.0 Å². The lowest BCUT2D eigenvalue weighted by Gasteiger charge is -2.27. The molecule has 26 heavy (non-hydrogen) atoms. The third kappa shape index (κ3) is 3.69. The molecule has 5 heteroatoms. The number of benzene rings is 2. The van der Waals surface area contributed by atoms with Crippen LogP contribution >= 0.6 is 11.8 Å². The van der Waals surface area contributed by atoms with Gasteiger partial charge in [-0.2, -0.15) is 0 Å². The molecule has 0 aliphatic carbocycles. The second-order valence-corrected chi connectivity index (χ2v) is 8.09. The topological polar surface area (TPSA) is 64.5 Å². The van der Waals surface area contributed by atoms with Crippen LogP contribution in [-0.4, -0.2) is 25.6 Å². The number of nitrogens with zero attached hydrogens (tertiary/aromatic N) is 1. The molecule has 0 saturated carbocycles. The third-order valence-electron chi connectivity index (χ3n) is 4.79. The summed E-state index contributed by atoms with van der Waals surface area (Å²) in [6.07, 6.45) is 0.803. The van der Waals surface area contributed by atoms with Gasteiger partial charge in [-0.3, -0.25) is 0 Å². The molecule has 0 radical (unpaired) electrons. The predicted molar refractivity (Wildman–Crippen MR) is 112 cm³/mol. The summed E-state index contributed by atoms with van der Waals surface area (Å²) in [4.78, 5) is 3.48. The number of hydrogen-bond donors (Lipinski definition) is 2. The molecular weight excluding hydrogens is 342 g/mol. The summed E-state index contributed by atoms with van der Waals surface area (Å²) < 4.78 is 5.34. The number of nitrogens with two attached hydrogens (primary N) is 2. The quantitative estimate of drug-likeness (QED) is 0.838. The highest BCUT2D eigenvalue weighted by molar-refractivity contribution is 8.00. The minimum absolute atomic E-state index is 0.00609. The van der Waals surface area contributed by atoms with Gasteiger partial charge in [0, 0.05) is 23.7 Å². The minimum atomic E-state index is 0.00609. The van der Waals surface area contributed by atoms with Crippen molar-refractivity contribution in [1.82, 2.24) is 0 Å². The van der Waals surface area contributed by atoms with Crippen LogP contribution in [0.25, 0.3) is 5.70 Å².